The van der Waals surface area contributed by atoms with Crippen molar-refractivity contribution in [2.24, 2.45) is 0 Å². The van der Waals surface area contributed by atoms with Gasteiger partial charge in [-0.25, -0.2) is 0 Å². The maximum atomic E-state index is 12.2. The number of amides is 1. The maximum Gasteiger partial charge on any atom is 0.253 e. The molecule has 1 rings (SSSR count). The summed E-state index contributed by atoms with van der Waals surface area (Å²) >= 11 is 0. The number of carbonyl (C=O) groups is 1. The molecule has 1 N–H and O–H groups in total. The van der Waals surface area contributed by atoms with Gasteiger partial charge in [0.05, 0.1) is 12.7 Å². The summed E-state index contributed by atoms with van der Waals surface area (Å²) in [7, 11) is 3.35. The highest BCUT2D eigenvalue weighted by molar-refractivity contribution is 5.95. The lowest BCUT2D eigenvalue weighted by molar-refractivity contribution is 0.0764. The molecule has 0 saturated heterocycles. The van der Waals surface area contributed by atoms with Gasteiger partial charge in [-0.1, -0.05) is 18.2 Å². The van der Waals surface area contributed by atoms with E-state index < -0.39 is 6.10 Å². The number of aliphatic hydroxyl groups excluding tert-OH is 1. The molecule has 0 spiro atoms. The Bertz CT molecular complexity index is 390. The third-order valence-corrected chi connectivity index (χ3v) is 2.78. The summed E-state index contributed by atoms with van der Waals surface area (Å²) in [4.78, 5) is 13.9. The molecule has 4 nitrogen and oxygen atoms in total. The van der Waals surface area contributed by atoms with Crippen molar-refractivity contribution < 1.29 is 14.6 Å². The number of rotatable bonds is 6. The molecule has 0 saturated carbocycles. The Morgan fingerprint density at radius 3 is 2.72 bits per heavy atom. The highest BCUT2D eigenvalue weighted by Gasteiger charge is 2.15. The zero-order chi connectivity index (χ0) is 13.5. The second-order valence-corrected chi connectivity index (χ2v) is 4.45. The molecule has 1 aromatic rings. The number of hydrogen-bond acceptors (Lipinski definition) is 3. The van der Waals surface area contributed by atoms with Crippen molar-refractivity contribution in [1.82, 2.24) is 4.90 Å². The van der Waals surface area contributed by atoms with Crippen molar-refractivity contribution in [3.8, 4) is 0 Å². The van der Waals surface area contributed by atoms with E-state index >= 15 is 0 Å². The monoisotopic (exact) mass is 251 g/mol. The molecule has 0 radical (unpaired) electrons. The summed E-state index contributed by atoms with van der Waals surface area (Å²) < 4.78 is 5.09. The third-order valence-electron chi connectivity index (χ3n) is 2.78. The number of nitrogens with zero attached hydrogens (tertiary/aromatic N) is 1. The van der Waals surface area contributed by atoms with Gasteiger partial charge < -0.3 is 14.7 Å². The molecule has 4 heteroatoms. The molecule has 0 bridgehead atoms. The van der Waals surface area contributed by atoms with Gasteiger partial charge in [0.15, 0.2) is 0 Å². The van der Waals surface area contributed by atoms with Crippen LogP contribution < -0.4 is 0 Å². The van der Waals surface area contributed by atoms with E-state index in [1.54, 1.807) is 32.0 Å². The molecular weight excluding hydrogens is 230 g/mol. The third kappa shape index (κ3) is 4.13. The lowest BCUT2D eigenvalue weighted by Gasteiger charge is -2.19. The van der Waals surface area contributed by atoms with E-state index in [0.29, 0.717) is 25.1 Å². The smallest absolute Gasteiger partial charge is 0.253 e. The van der Waals surface area contributed by atoms with Crippen molar-refractivity contribution in [3.63, 3.8) is 0 Å². The molecule has 1 unspecified atom stereocenters. The quantitative estimate of drug-likeness (QED) is 0.836. The number of aliphatic hydroxyl groups is 1. The number of ether oxygens (including phenoxy) is 1. The van der Waals surface area contributed by atoms with E-state index in [0.717, 1.165) is 5.56 Å². The molecule has 0 aromatic heterocycles. The first-order chi connectivity index (χ1) is 8.56. The van der Waals surface area contributed by atoms with Gasteiger partial charge in [0.2, 0.25) is 0 Å². The van der Waals surface area contributed by atoms with Crippen LogP contribution in [-0.2, 0) is 11.3 Å². The van der Waals surface area contributed by atoms with Gasteiger partial charge in [0.25, 0.3) is 5.91 Å². The average Bonchev–Trinajstić information content (AvgIpc) is 2.36. The first kappa shape index (κ1) is 14.7. The largest absolute Gasteiger partial charge is 0.393 e. The van der Waals surface area contributed by atoms with Crippen molar-refractivity contribution in [3.05, 3.63) is 35.4 Å². The van der Waals surface area contributed by atoms with Gasteiger partial charge in [-0.05, 0) is 25.0 Å². The number of hydrogen-bond donors (Lipinski definition) is 1. The van der Waals surface area contributed by atoms with E-state index in [9.17, 15) is 9.90 Å². The highest BCUT2D eigenvalue weighted by Crippen LogP contribution is 2.12. The van der Waals surface area contributed by atoms with Crippen LogP contribution in [-0.4, -0.2) is 42.7 Å². The highest BCUT2D eigenvalue weighted by atomic mass is 16.5. The van der Waals surface area contributed by atoms with Gasteiger partial charge in [-0.3, -0.25) is 4.79 Å². The Labute approximate surface area is 108 Å². The van der Waals surface area contributed by atoms with Crippen molar-refractivity contribution in [2.75, 3.05) is 20.7 Å². The molecule has 1 atom stereocenters. The Kier molecular flexibility index (Phi) is 5.82. The van der Waals surface area contributed by atoms with Crippen LogP contribution in [0.15, 0.2) is 24.3 Å². The summed E-state index contributed by atoms with van der Waals surface area (Å²) in [5, 5.41) is 9.23. The van der Waals surface area contributed by atoms with Crippen molar-refractivity contribution in [1.29, 1.82) is 0 Å². The zero-order valence-corrected chi connectivity index (χ0v) is 11.2. The van der Waals surface area contributed by atoms with Gasteiger partial charge in [0, 0.05) is 26.3 Å². The Morgan fingerprint density at radius 1 is 1.44 bits per heavy atom. The van der Waals surface area contributed by atoms with E-state index in [4.69, 9.17) is 4.74 Å². The van der Waals surface area contributed by atoms with Crippen molar-refractivity contribution in [2.45, 2.75) is 26.1 Å². The minimum Gasteiger partial charge on any atom is -0.393 e. The first-order valence-electron chi connectivity index (χ1n) is 6.06. The van der Waals surface area contributed by atoms with Gasteiger partial charge in [0.1, 0.15) is 0 Å². The van der Waals surface area contributed by atoms with Crippen molar-refractivity contribution >= 4 is 5.91 Å². The summed E-state index contributed by atoms with van der Waals surface area (Å²) in [6, 6.07) is 7.42. The van der Waals surface area contributed by atoms with E-state index in [1.165, 1.54) is 0 Å². The predicted octanol–water partition coefficient (Wildman–Crippen LogP) is 1.68. The van der Waals surface area contributed by atoms with E-state index in [2.05, 4.69) is 0 Å². The lowest BCUT2D eigenvalue weighted by Crippen LogP contribution is -2.30. The van der Waals surface area contributed by atoms with Crippen LogP contribution in [0.3, 0.4) is 0 Å². The standard InChI is InChI=1S/C14H21NO3/c1-11(16)8-9-15(2)14(17)13-7-5-4-6-12(13)10-18-3/h4-7,11,16H,8-10H2,1-3H3. The number of carbonyl (C=O) groups excluding carboxylic acids is 1. The second-order valence-electron chi connectivity index (χ2n) is 4.45. The first-order valence-corrected chi connectivity index (χ1v) is 6.06. The van der Waals surface area contributed by atoms with Gasteiger partial charge >= 0.3 is 0 Å². The normalized spacial score (nSPS) is 12.2. The molecule has 0 aliphatic carbocycles. The Balaban J connectivity index is 2.76. The molecule has 1 amide bonds. The fourth-order valence-corrected chi connectivity index (χ4v) is 1.70. The minimum atomic E-state index is -0.394. The molecule has 0 heterocycles. The van der Waals surface area contributed by atoms with Crippen LogP contribution in [0.2, 0.25) is 0 Å². The predicted molar refractivity (Wildman–Crippen MR) is 70.4 cm³/mol. The Morgan fingerprint density at radius 2 is 2.11 bits per heavy atom. The van der Waals surface area contributed by atoms with Crippen LogP contribution in [0.1, 0.15) is 29.3 Å². The summed E-state index contributed by atoms with van der Waals surface area (Å²) in [6.07, 6.45) is 0.184. The van der Waals surface area contributed by atoms with E-state index in [-0.39, 0.29) is 5.91 Å². The van der Waals surface area contributed by atoms with E-state index in [1.807, 2.05) is 18.2 Å². The lowest BCUT2D eigenvalue weighted by atomic mass is 10.1. The van der Waals surface area contributed by atoms with Crippen LogP contribution >= 0.6 is 0 Å². The fourth-order valence-electron chi connectivity index (χ4n) is 1.70. The molecule has 0 aliphatic heterocycles. The molecule has 0 aliphatic rings. The molecule has 100 valence electrons. The second kappa shape index (κ2) is 7.13. The molecular formula is C14H21NO3. The fraction of sp³-hybridized carbons (Fsp3) is 0.500. The summed E-state index contributed by atoms with van der Waals surface area (Å²) in [5.41, 5.74) is 1.54. The molecule has 1 aromatic carbocycles. The zero-order valence-electron chi connectivity index (χ0n) is 11.2. The summed E-state index contributed by atoms with van der Waals surface area (Å²) in [6.45, 7) is 2.68. The van der Waals surface area contributed by atoms with Crippen LogP contribution in [0.5, 0.6) is 0 Å². The van der Waals surface area contributed by atoms with Crippen LogP contribution in [0, 0.1) is 0 Å². The topological polar surface area (TPSA) is 49.8 Å². The molecule has 18 heavy (non-hydrogen) atoms. The van der Waals surface area contributed by atoms with Crippen LogP contribution in [0.4, 0.5) is 0 Å². The average molecular weight is 251 g/mol. The summed E-state index contributed by atoms with van der Waals surface area (Å²) in [5.74, 6) is -0.0386. The van der Waals surface area contributed by atoms with Gasteiger partial charge in [-0.15, -0.1) is 0 Å². The van der Waals surface area contributed by atoms with Crippen LogP contribution in [0.25, 0.3) is 0 Å². The minimum absolute atomic E-state index is 0.0386. The Hall–Kier alpha value is -1.39. The maximum absolute atomic E-state index is 12.2. The number of benzene rings is 1. The number of methoxy groups -OCH3 is 1. The SMILES string of the molecule is COCc1ccccc1C(=O)N(C)CCC(C)O. The molecule has 0 fully saturated rings. The van der Waals surface area contributed by atoms with Gasteiger partial charge in [-0.2, -0.15) is 0 Å².